The van der Waals surface area contributed by atoms with Crippen molar-refractivity contribution in [2.24, 2.45) is 5.73 Å². The Morgan fingerprint density at radius 1 is 1.67 bits per heavy atom. The minimum absolute atomic E-state index is 0.00430. The second-order valence-corrected chi connectivity index (χ2v) is 3.07. The molecule has 0 aromatic carbocycles. The fourth-order valence-electron chi connectivity index (χ4n) is 0.913. The van der Waals surface area contributed by atoms with Gasteiger partial charge in [-0.1, -0.05) is 0 Å². The van der Waals surface area contributed by atoms with Gasteiger partial charge in [0.25, 0.3) is 0 Å². The Morgan fingerprint density at radius 2 is 2.33 bits per heavy atom. The average Bonchev–Trinajstić information content (AvgIpc) is 2.51. The second-order valence-electron chi connectivity index (χ2n) is 3.07. The first-order valence-corrected chi connectivity index (χ1v) is 4.05. The summed E-state index contributed by atoms with van der Waals surface area (Å²) in [6.07, 6.45) is 3.60. The molecule has 3 N–H and O–H groups in total. The molecule has 4 nitrogen and oxygen atoms in total. The van der Waals surface area contributed by atoms with Crippen molar-refractivity contribution < 1.29 is 5.11 Å². The third-order valence-corrected chi connectivity index (χ3v) is 1.86. The van der Waals surface area contributed by atoms with Crippen molar-refractivity contribution in [3.8, 4) is 0 Å². The minimum atomic E-state index is 0.00430. The lowest BCUT2D eigenvalue weighted by Crippen LogP contribution is -2.09. The fourth-order valence-corrected chi connectivity index (χ4v) is 0.913. The van der Waals surface area contributed by atoms with Crippen LogP contribution in [0.3, 0.4) is 0 Å². The molecular weight excluding hydrogens is 154 g/mol. The summed E-state index contributed by atoms with van der Waals surface area (Å²) in [7, 11) is 0. The number of hydrogen-bond donors (Lipinski definition) is 2. The highest BCUT2D eigenvalue weighted by molar-refractivity contribution is 5.08. The minimum Gasteiger partial charge on any atom is -0.394 e. The summed E-state index contributed by atoms with van der Waals surface area (Å²) in [6, 6.07) is 0.0298. The van der Waals surface area contributed by atoms with Crippen LogP contribution in [0.15, 0.2) is 12.4 Å². The van der Waals surface area contributed by atoms with E-state index in [2.05, 4.69) is 5.10 Å². The molecule has 0 radical (unpaired) electrons. The topological polar surface area (TPSA) is 64.1 Å². The number of aliphatic hydroxyl groups excluding tert-OH is 1. The van der Waals surface area contributed by atoms with Crippen molar-refractivity contribution >= 4 is 0 Å². The Balaban J connectivity index is 2.77. The van der Waals surface area contributed by atoms with Gasteiger partial charge in [0.15, 0.2) is 0 Å². The van der Waals surface area contributed by atoms with Crippen LogP contribution in [0.2, 0.25) is 0 Å². The van der Waals surface area contributed by atoms with Crippen LogP contribution in [0.25, 0.3) is 0 Å². The van der Waals surface area contributed by atoms with E-state index in [0.717, 1.165) is 5.56 Å². The summed E-state index contributed by atoms with van der Waals surface area (Å²) in [4.78, 5) is 0. The molecule has 0 aliphatic carbocycles. The quantitative estimate of drug-likeness (QED) is 0.690. The predicted octanol–water partition coefficient (Wildman–Crippen LogP) is 0.456. The van der Waals surface area contributed by atoms with Gasteiger partial charge in [-0.2, -0.15) is 5.10 Å². The molecule has 0 saturated heterocycles. The summed E-state index contributed by atoms with van der Waals surface area (Å²) in [5, 5.41) is 12.9. The Bertz CT molecular complexity index is 244. The molecule has 0 amide bonds. The van der Waals surface area contributed by atoms with Crippen molar-refractivity contribution in [1.82, 2.24) is 9.78 Å². The van der Waals surface area contributed by atoms with Crippen LogP contribution in [-0.2, 0) is 0 Å². The van der Waals surface area contributed by atoms with Gasteiger partial charge in [0.1, 0.15) is 0 Å². The van der Waals surface area contributed by atoms with Crippen LogP contribution < -0.4 is 5.73 Å². The Kier molecular flexibility index (Phi) is 2.83. The van der Waals surface area contributed by atoms with Gasteiger partial charge < -0.3 is 10.8 Å². The molecule has 4 heteroatoms. The van der Waals surface area contributed by atoms with Crippen molar-refractivity contribution in [2.45, 2.75) is 25.9 Å². The monoisotopic (exact) mass is 169 g/mol. The first-order chi connectivity index (χ1) is 5.65. The van der Waals surface area contributed by atoms with E-state index < -0.39 is 0 Å². The summed E-state index contributed by atoms with van der Waals surface area (Å²) in [6.45, 7) is 3.91. The maximum atomic E-state index is 8.84. The predicted molar refractivity (Wildman–Crippen MR) is 46.6 cm³/mol. The number of aromatic nitrogens is 2. The smallest absolute Gasteiger partial charge is 0.0721 e. The Labute approximate surface area is 72.0 Å². The van der Waals surface area contributed by atoms with Crippen molar-refractivity contribution in [2.75, 3.05) is 6.61 Å². The van der Waals surface area contributed by atoms with E-state index in [0.29, 0.717) is 0 Å². The van der Waals surface area contributed by atoms with Crippen LogP contribution in [0.1, 0.15) is 31.5 Å². The van der Waals surface area contributed by atoms with Crippen LogP contribution in [0.5, 0.6) is 0 Å². The number of hydrogen-bond acceptors (Lipinski definition) is 3. The van der Waals surface area contributed by atoms with Gasteiger partial charge in [0.2, 0.25) is 0 Å². The molecule has 2 unspecified atom stereocenters. The van der Waals surface area contributed by atoms with E-state index in [1.54, 1.807) is 10.9 Å². The summed E-state index contributed by atoms with van der Waals surface area (Å²) < 4.78 is 1.72. The van der Waals surface area contributed by atoms with E-state index in [9.17, 15) is 0 Å². The van der Waals surface area contributed by atoms with E-state index in [1.165, 1.54) is 0 Å². The van der Waals surface area contributed by atoms with Crippen LogP contribution in [0.4, 0.5) is 0 Å². The van der Waals surface area contributed by atoms with Crippen LogP contribution >= 0.6 is 0 Å². The maximum absolute atomic E-state index is 8.84. The molecule has 0 fully saturated rings. The van der Waals surface area contributed by atoms with Gasteiger partial charge >= 0.3 is 0 Å². The molecule has 2 atom stereocenters. The largest absolute Gasteiger partial charge is 0.394 e. The molecular formula is C8H15N3O. The molecule has 0 aliphatic heterocycles. The lowest BCUT2D eigenvalue weighted by molar-refractivity contribution is 0.229. The van der Waals surface area contributed by atoms with E-state index in [4.69, 9.17) is 10.8 Å². The van der Waals surface area contributed by atoms with E-state index in [1.807, 2.05) is 20.0 Å². The highest BCUT2D eigenvalue weighted by Gasteiger charge is 2.06. The molecule has 0 spiro atoms. The first kappa shape index (κ1) is 9.22. The number of nitrogens with zero attached hydrogens (tertiary/aromatic N) is 2. The molecule has 0 bridgehead atoms. The highest BCUT2D eigenvalue weighted by atomic mass is 16.3. The first-order valence-electron chi connectivity index (χ1n) is 4.05. The second kappa shape index (κ2) is 3.69. The van der Waals surface area contributed by atoms with Gasteiger partial charge in [0, 0.05) is 17.8 Å². The summed E-state index contributed by atoms with van der Waals surface area (Å²) >= 11 is 0. The molecule has 1 aromatic heterocycles. The van der Waals surface area contributed by atoms with E-state index in [-0.39, 0.29) is 18.7 Å². The summed E-state index contributed by atoms with van der Waals surface area (Å²) in [5.41, 5.74) is 6.65. The van der Waals surface area contributed by atoms with Gasteiger partial charge in [-0.05, 0) is 13.8 Å². The van der Waals surface area contributed by atoms with Crippen molar-refractivity contribution in [3.05, 3.63) is 18.0 Å². The Morgan fingerprint density at radius 3 is 2.75 bits per heavy atom. The van der Waals surface area contributed by atoms with Gasteiger partial charge in [-0.3, -0.25) is 4.68 Å². The van der Waals surface area contributed by atoms with Crippen molar-refractivity contribution in [1.29, 1.82) is 0 Å². The third kappa shape index (κ3) is 1.84. The normalized spacial score (nSPS) is 16.0. The molecule has 1 rings (SSSR count). The average molecular weight is 169 g/mol. The van der Waals surface area contributed by atoms with Gasteiger partial charge in [-0.25, -0.2) is 0 Å². The molecule has 68 valence electrons. The highest BCUT2D eigenvalue weighted by Crippen LogP contribution is 2.10. The zero-order valence-corrected chi connectivity index (χ0v) is 7.44. The van der Waals surface area contributed by atoms with Crippen molar-refractivity contribution in [3.63, 3.8) is 0 Å². The number of rotatable bonds is 3. The lowest BCUT2D eigenvalue weighted by atomic mass is 10.2. The lowest BCUT2D eigenvalue weighted by Gasteiger charge is -2.07. The number of nitrogens with two attached hydrogens (primary N) is 1. The Hall–Kier alpha value is -0.870. The zero-order valence-electron chi connectivity index (χ0n) is 7.44. The molecule has 0 saturated carbocycles. The van der Waals surface area contributed by atoms with Crippen LogP contribution in [-0.4, -0.2) is 21.5 Å². The third-order valence-electron chi connectivity index (χ3n) is 1.86. The fraction of sp³-hybridized carbons (Fsp3) is 0.625. The van der Waals surface area contributed by atoms with Crippen LogP contribution in [0, 0.1) is 0 Å². The van der Waals surface area contributed by atoms with Gasteiger partial charge in [-0.15, -0.1) is 0 Å². The standard InChI is InChI=1S/C8H15N3O/c1-6(5-12)11-4-8(3-10-11)7(2)9/h3-4,6-7,12H,5,9H2,1-2H3. The SMILES string of the molecule is CC(N)c1cnn(C(C)CO)c1. The maximum Gasteiger partial charge on any atom is 0.0721 e. The van der Waals surface area contributed by atoms with Gasteiger partial charge in [0.05, 0.1) is 18.8 Å². The van der Waals surface area contributed by atoms with E-state index >= 15 is 0 Å². The summed E-state index contributed by atoms with van der Waals surface area (Å²) in [5.74, 6) is 0. The number of aliphatic hydroxyl groups is 1. The molecule has 1 aromatic rings. The zero-order chi connectivity index (χ0) is 9.14. The molecule has 0 aliphatic rings. The molecule has 1 heterocycles. The molecule has 12 heavy (non-hydrogen) atoms.